The molecule has 3 rings (SSSR count). The van der Waals surface area contributed by atoms with Gasteiger partial charge in [0.1, 0.15) is 12.4 Å². The summed E-state index contributed by atoms with van der Waals surface area (Å²) >= 11 is 7.63. The molecule has 0 unspecified atom stereocenters. The van der Waals surface area contributed by atoms with Crippen molar-refractivity contribution in [2.75, 3.05) is 30.7 Å². The Kier molecular flexibility index (Phi) is 7.90. The molecule has 3 aromatic rings. The van der Waals surface area contributed by atoms with Crippen molar-refractivity contribution in [1.82, 2.24) is 10.3 Å². The molecule has 7 nitrogen and oxygen atoms in total. The van der Waals surface area contributed by atoms with Crippen LogP contribution >= 0.6 is 22.9 Å². The molecular weight excluding hydrogens is 458 g/mol. The Morgan fingerprint density at radius 2 is 1.97 bits per heavy atom. The average molecular weight is 482 g/mol. The number of sulfonamides is 1. The molecule has 0 amide bonds. The highest BCUT2D eigenvalue weighted by Gasteiger charge is 2.12. The Balaban J connectivity index is 1.44. The third kappa shape index (κ3) is 7.19. The molecule has 0 bridgehead atoms. The molecule has 0 aliphatic rings. The number of aromatic nitrogens is 1. The number of nitrogens with one attached hydrogen (secondary N) is 2. The second kappa shape index (κ2) is 10.4. The second-order valence-electron chi connectivity index (χ2n) is 6.96. The fraction of sp³-hybridized carbons (Fsp3) is 0.286. The van der Waals surface area contributed by atoms with Gasteiger partial charge < -0.3 is 15.2 Å². The lowest BCUT2D eigenvalue weighted by atomic mass is 10.1. The van der Waals surface area contributed by atoms with E-state index in [1.807, 2.05) is 36.6 Å². The van der Waals surface area contributed by atoms with Crippen molar-refractivity contribution < 1.29 is 18.3 Å². The number of hydrogen-bond donors (Lipinski definition) is 3. The second-order valence-corrected chi connectivity index (χ2v) is 10.2. The van der Waals surface area contributed by atoms with Gasteiger partial charge in [0.15, 0.2) is 0 Å². The predicted molar refractivity (Wildman–Crippen MR) is 126 cm³/mol. The van der Waals surface area contributed by atoms with Crippen molar-refractivity contribution in [3.63, 3.8) is 0 Å². The number of thiazole rings is 1. The lowest BCUT2D eigenvalue weighted by Gasteiger charge is -2.15. The number of nitrogens with zero attached hydrogens (tertiary/aromatic N) is 1. The van der Waals surface area contributed by atoms with Gasteiger partial charge in [-0.05, 0) is 48.9 Å². The number of halogens is 1. The average Bonchev–Trinajstić information content (AvgIpc) is 3.15. The molecule has 1 heterocycles. The molecule has 0 radical (unpaired) electrons. The minimum Gasteiger partial charge on any atom is -0.492 e. The van der Waals surface area contributed by atoms with Gasteiger partial charge in [-0.2, -0.15) is 0 Å². The number of ether oxygens (including phenoxy) is 1. The van der Waals surface area contributed by atoms with Crippen LogP contribution in [-0.2, 0) is 10.0 Å². The SMILES string of the molecule is Cc1nc(-c2ccc(OCCNC[C@@H](O)c3ccc(Cl)c(NS(C)(=O)=O)c3)cc2)cs1. The topological polar surface area (TPSA) is 101 Å². The summed E-state index contributed by atoms with van der Waals surface area (Å²) in [6.07, 6.45) is 0.222. The Labute approximate surface area is 191 Å². The minimum absolute atomic E-state index is 0.236. The minimum atomic E-state index is -3.46. The first-order chi connectivity index (χ1) is 14.7. The van der Waals surface area contributed by atoms with Crippen molar-refractivity contribution in [3.05, 3.63) is 63.4 Å². The van der Waals surface area contributed by atoms with Gasteiger partial charge in [0.2, 0.25) is 10.0 Å². The summed E-state index contributed by atoms with van der Waals surface area (Å²) in [4.78, 5) is 4.47. The van der Waals surface area contributed by atoms with Crippen LogP contribution in [0.5, 0.6) is 5.75 Å². The Morgan fingerprint density at radius 3 is 2.61 bits per heavy atom. The molecule has 1 aromatic heterocycles. The quantitative estimate of drug-likeness (QED) is 0.380. The summed E-state index contributed by atoms with van der Waals surface area (Å²) in [5.74, 6) is 0.757. The van der Waals surface area contributed by atoms with Crippen molar-refractivity contribution in [3.8, 4) is 17.0 Å². The molecule has 1 atom stereocenters. The van der Waals surface area contributed by atoms with Crippen LogP contribution in [-0.4, -0.2) is 44.5 Å². The van der Waals surface area contributed by atoms with Gasteiger partial charge in [0.25, 0.3) is 0 Å². The number of hydrogen-bond acceptors (Lipinski definition) is 7. The van der Waals surface area contributed by atoms with Crippen LogP contribution in [0.4, 0.5) is 5.69 Å². The van der Waals surface area contributed by atoms with Crippen molar-refractivity contribution in [2.24, 2.45) is 0 Å². The summed E-state index contributed by atoms with van der Waals surface area (Å²) < 4.78 is 30.9. The van der Waals surface area contributed by atoms with Gasteiger partial charge in [0, 0.05) is 24.0 Å². The van der Waals surface area contributed by atoms with Crippen LogP contribution in [0.3, 0.4) is 0 Å². The van der Waals surface area contributed by atoms with Gasteiger partial charge in [-0.25, -0.2) is 13.4 Å². The molecule has 0 aliphatic carbocycles. The van der Waals surface area contributed by atoms with Crippen LogP contribution in [0.1, 0.15) is 16.7 Å². The number of rotatable bonds is 10. The van der Waals surface area contributed by atoms with Crippen molar-refractivity contribution in [1.29, 1.82) is 0 Å². The summed E-state index contributed by atoms with van der Waals surface area (Å²) in [6.45, 7) is 3.23. The zero-order valence-corrected chi connectivity index (χ0v) is 19.5. The van der Waals surface area contributed by atoms with Gasteiger partial charge in [0.05, 0.1) is 33.8 Å². The predicted octanol–water partition coefficient (Wildman–Crippen LogP) is 3.85. The molecule has 0 aliphatic heterocycles. The number of aryl methyl sites for hydroxylation is 1. The van der Waals surface area contributed by atoms with Gasteiger partial charge in [-0.3, -0.25) is 4.72 Å². The Morgan fingerprint density at radius 1 is 1.23 bits per heavy atom. The summed E-state index contributed by atoms with van der Waals surface area (Å²) in [6, 6.07) is 12.5. The molecule has 31 heavy (non-hydrogen) atoms. The molecule has 10 heteroatoms. The molecule has 3 N–H and O–H groups in total. The van der Waals surface area contributed by atoms with E-state index in [2.05, 4.69) is 15.0 Å². The number of aliphatic hydroxyl groups is 1. The first-order valence-electron chi connectivity index (χ1n) is 9.52. The molecule has 166 valence electrons. The van der Waals surface area contributed by atoms with E-state index < -0.39 is 16.1 Å². The highest BCUT2D eigenvalue weighted by Crippen LogP contribution is 2.27. The smallest absolute Gasteiger partial charge is 0.229 e. The van der Waals surface area contributed by atoms with E-state index >= 15 is 0 Å². The van der Waals surface area contributed by atoms with Crippen LogP contribution < -0.4 is 14.8 Å². The number of anilines is 1. The fourth-order valence-electron chi connectivity index (χ4n) is 2.84. The van der Waals surface area contributed by atoms with Gasteiger partial charge in [-0.15, -0.1) is 11.3 Å². The van der Waals surface area contributed by atoms with E-state index in [0.29, 0.717) is 18.7 Å². The first-order valence-corrected chi connectivity index (χ1v) is 12.7. The molecular formula is C21H24ClN3O4S2. The monoisotopic (exact) mass is 481 g/mol. The van der Waals surface area contributed by atoms with Crippen molar-refractivity contribution >= 4 is 38.6 Å². The summed E-state index contributed by atoms with van der Waals surface area (Å²) in [5, 5.41) is 16.8. The van der Waals surface area contributed by atoms with Crippen LogP contribution in [0.2, 0.25) is 5.02 Å². The largest absolute Gasteiger partial charge is 0.492 e. The van der Waals surface area contributed by atoms with E-state index in [1.54, 1.807) is 23.5 Å². The fourth-order valence-corrected chi connectivity index (χ4v) is 4.25. The standard InChI is InChI=1S/C21H24ClN3O4S2/c1-14-24-20(13-30-14)15-3-6-17(7-4-15)29-10-9-23-12-21(26)16-5-8-18(22)19(11-16)25-31(2,27)28/h3-8,11,13,21,23,25-26H,9-10,12H2,1-2H3/t21-/m1/s1. The number of benzene rings is 2. The third-order valence-electron chi connectivity index (χ3n) is 4.32. The third-order valence-corrected chi connectivity index (χ3v) is 6.02. The van der Waals surface area contributed by atoms with E-state index in [9.17, 15) is 13.5 Å². The lowest BCUT2D eigenvalue weighted by molar-refractivity contribution is 0.172. The highest BCUT2D eigenvalue weighted by atomic mass is 35.5. The number of aliphatic hydroxyl groups excluding tert-OH is 1. The van der Waals surface area contributed by atoms with Gasteiger partial charge >= 0.3 is 0 Å². The van der Waals surface area contributed by atoms with Crippen LogP contribution in [0.15, 0.2) is 47.8 Å². The van der Waals surface area contributed by atoms with Crippen LogP contribution in [0.25, 0.3) is 11.3 Å². The highest BCUT2D eigenvalue weighted by molar-refractivity contribution is 7.92. The van der Waals surface area contributed by atoms with Gasteiger partial charge in [-0.1, -0.05) is 17.7 Å². The molecule has 0 saturated heterocycles. The van der Waals surface area contributed by atoms with E-state index in [1.165, 1.54) is 6.07 Å². The zero-order valence-electron chi connectivity index (χ0n) is 17.1. The molecule has 0 fully saturated rings. The molecule has 0 spiro atoms. The maximum atomic E-state index is 11.4. The van der Waals surface area contributed by atoms with E-state index in [-0.39, 0.29) is 17.3 Å². The molecule has 0 saturated carbocycles. The van der Waals surface area contributed by atoms with E-state index in [0.717, 1.165) is 28.3 Å². The maximum absolute atomic E-state index is 11.4. The molecule has 2 aromatic carbocycles. The summed E-state index contributed by atoms with van der Waals surface area (Å²) in [7, 11) is -3.46. The van der Waals surface area contributed by atoms with Crippen molar-refractivity contribution in [2.45, 2.75) is 13.0 Å². The summed E-state index contributed by atoms with van der Waals surface area (Å²) in [5.41, 5.74) is 2.80. The Hall–Kier alpha value is -2.17. The normalized spacial score (nSPS) is 12.5. The van der Waals surface area contributed by atoms with Crippen LogP contribution in [0, 0.1) is 6.92 Å². The first kappa shape index (κ1) is 23.5. The zero-order chi connectivity index (χ0) is 22.4. The van der Waals surface area contributed by atoms with E-state index in [4.69, 9.17) is 16.3 Å². The Bertz CT molecular complexity index is 1120. The lowest BCUT2D eigenvalue weighted by Crippen LogP contribution is -2.26. The maximum Gasteiger partial charge on any atom is 0.229 e.